The summed E-state index contributed by atoms with van der Waals surface area (Å²) in [5, 5.41) is 10.5. The zero-order valence-corrected chi connectivity index (χ0v) is 23.9. The van der Waals surface area contributed by atoms with E-state index in [-0.39, 0.29) is 40.1 Å². The van der Waals surface area contributed by atoms with Crippen molar-refractivity contribution in [3.8, 4) is 5.75 Å². The van der Waals surface area contributed by atoms with Crippen molar-refractivity contribution < 1.29 is 28.6 Å². The van der Waals surface area contributed by atoms with Crippen molar-refractivity contribution in [3.05, 3.63) is 76.9 Å². The Morgan fingerprint density at radius 2 is 1.76 bits per heavy atom. The molecule has 0 amide bonds. The molecule has 6 nitrogen and oxygen atoms in total. The SMILES string of the molecule is CC(C)(C)[Si](C)(C)O[C@@H]1CC(COCc2ccccc2)O[C@@H]2C1=CC[C@@H]1C(=O)c3cccc(O)c3C(=O)[C@@H]12. The van der Waals surface area contributed by atoms with Gasteiger partial charge in [-0.2, -0.15) is 0 Å². The Morgan fingerprint density at radius 1 is 1.03 bits per heavy atom. The summed E-state index contributed by atoms with van der Waals surface area (Å²) < 4.78 is 19.6. The first-order valence-corrected chi connectivity index (χ1v) is 16.4. The van der Waals surface area contributed by atoms with Gasteiger partial charge >= 0.3 is 0 Å². The minimum atomic E-state index is -2.15. The van der Waals surface area contributed by atoms with Crippen molar-refractivity contribution >= 4 is 19.9 Å². The lowest BCUT2D eigenvalue weighted by Gasteiger charge is -2.49. The molecule has 0 saturated carbocycles. The number of hydrogen-bond donors (Lipinski definition) is 1. The van der Waals surface area contributed by atoms with E-state index in [9.17, 15) is 14.7 Å². The van der Waals surface area contributed by atoms with Gasteiger partial charge in [-0.05, 0) is 41.8 Å². The Balaban J connectivity index is 1.45. The third kappa shape index (κ3) is 4.93. The molecule has 1 unspecified atom stereocenters. The molecule has 1 aliphatic heterocycles. The van der Waals surface area contributed by atoms with Crippen molar-refractivity contribution in [2.24, 2.45) is 11.8 Å². The lowest BCUT2D eigenvalue weighted by Crippen LogP contribution is -2.55. The predicted octanol–water partition coefficient (Wildman–Crippen LogP) is 6.10. The Kier molecular flexibility index (Phi) is 7.24. The maximum atomic E-state index is 13.8. The Labute approximate surface area is 226 Å². The summed E-state index contributed by atoms with van der Waals surface area (Å²) >= 11 is 0. The van der Waals surface area contributed by atoms with E-state index >= 15 is 0 Å². The molecule has 0 radical (unpaired) electrons. The van der Waals surface area contributed by atoms with Crippen molar-refractivity contribution in [1.29, 1.82) is 0 Å². The second kappa shape index (κ2) is 10.2. The van der Waals surface area contributed by atoms with Crippen LogP contribution in [0.15, 0.2) is 60.2 Å². The van der Waals surface area contributed by atoms with Crippen LogP contribution in [0, 0.1) is 11.8 Å². The largest absolute Gasteiger partial charge is 0.507 e. The molecule has 38 heavy (non-hydrogen) atoms. The minimum Gasteiger partial charge on any atom is -0.507 e. The second-order valence-corrected chi connectivity index (χ2v) is 17.0. The highest BCUT2D eigenvalue weighted by Crippen LogP contribution is 2.48. The third-order valence-electron chi connectivity index (χ3n) is 8.74. The topological polar surface area (TPSA) is 82.1 Å². The number of ether oxygens (including phenoxy) is 2. The first-order valence-electron chi connectivity index (χ1n) is 13.5. The van der Waals surface area contributed by atoms with Gasteiger partial charge in [0.05, 0.1) is 43.0 Å². The van der Waals surface area contributed by atoms with E-state index in [1.54, 1.807) is 12.1 Å². The monoisotopic (exact) mass is 534 g/mol. The highest BCUT2D eigenvalue weighted by atomic mass is 28.4. The molecule has 7 heteroatoms. The molecule has 0 spiro atoms. The van der Waals surface area contributed by atoms with Crippen LogP contribution in [-0.2, 0) is 20.5 Å². The minimum absolute atomic E-state index is 0.0131. The number of rotatable bonds is 6. The Hall–Kier alpha value is -2.58. The number of benzene rings is 2. The molecular weight excluding hydrogens is 496 g/mol. The lowest BCUT2D eigenvalue weighted by molar-refractivity contribution is -0.110. The number of hydrogen-bond acceptors (Lipinski definition) is 6. The number of ketones is 2. The van der Waals surface area contributed by atoms with Crippen LogP contribution in [0.3, 0.4) is 0 Å². The molecule has 0 bridgehead atoms. The maximum Gasteiger partial charge on any atom is 0.192 e. The normalized spacial score (nSPS) is 27.3. The third-order valence-corrected chi connectivity index (χ3v) is 13.2. The van der Waals surface area contributed by atoms with Crippen LogP contribution >= 0.6 is 0 Å². The maximum absolute atomic E-state index is 13.8. The number of fused-ring (bicyclic) bond motifs is 4. The standard InChI is InChI=1S/C31H38O6Si/c1-31(2,3)38(4,5)37-25-16-20(18-35-17-19-10-7-6-8-11-19)36-30-21(25)14-15-23-27(30)29(34)26-22(28(23)33)12-9-13-24(26)32/h6-14,20,23,25,27,30,32H,15-18H2,1-5H3/t20?,23-,25+,27+,30+/m0/s1. The van der Waals surface area contributed by atoms with Gasteiger partial charge in [0.15, 0.2) is 19.9 Å². The molecule has 5 rings (SSSR count). The van der Waals surface area contributed by atoms with Crippen LogP contribution < -0.4 is 0 Å². The average Bonchev–Trinajstić information content (AvgIpc) is 2.86. The summed E-state index contributed by atoms with van der Waals surface area (Å²) in [6.07, 6.45) is 2.07. The second-order valence-electron chi connectivity index (χ2n) is 12.3. The fourth-order valence-corrected chi connectivity index (χ4v) is 6.96. The van der Waals surface area contributed by atoms with Crippen LogP contribution in [0.5, 0.6) is 5.75 Å². The van der Waals surface area contributed by atoms with Crippen molar-refractivity contribution in [3.63, 3.8) is 0 Å². The van der Waals surface area contributed by atoms with Crippen LogP contribution in [-0.4, -0.2) is 49.9 Å². The summed E-state index contributed by atoms with van der Waals surface area (Å²) in [5.41, 5.74) is 2.46. The highest BCUT2D eigenvalue weighted by Gasteiger charge is 2.53. The molecule has 1 saturated heterocycles. The first-order chi connectivity index (χ1) is 18.0. The zero-order chi connectivity index (χ0) is 27.2. The number of allylic oxidation sites excluding steroid dienone is 1. The average molecular weight is 535 g/mol. The van der Waals surface area contributed by atoms with Crippen molar-refractivity contribution in [2.45, 2.75) is 76.7 Å². The molecule has 2 aliphatic carbocycles. The predicted molar refractivity (Wildman–Crippen MR) is 148 cm³/mol. The lowest BCUT2D eigenvalue weighted by atomic mass is 9.64. The van der Waals surface area contributed by atoms with Crippen LogP contribution in [0.25, 0.3) is 0 Å². The van der Waals surface area contributed by atoms with E-state index < -0.39 is 26.3 Å². The van der Waals surface area contributed by atoms with Crippen molar-refractivity contribution in [1.82, 2.24) is 0 Å². The molecule has 0 aromatic heterocycles. The molecule has 2 aromatic rings. The summed E-state index contributed by atoms with van der Waals surface area (Å²) in [4.78, 5) is 27.3. The molecular formula is C31H38O6Si. The number of aromatic hydroxyl groups is 1. The highest BCUT2D eigenvalue weighted by molar-refractivity contribution is 6.74. The zero-order valence-electron chi connectivity index (χ0n) is 22.9. The number of phenols is 1. The fraction of sp³-hybridized carbons (Fsp3) is 0.484. The summed E-state index contributed by atoms with van der Waals surface area (Å²) in [6.45, 7) is 11.9. The molecule has 1 fully saturated rings. The van der Waals surface area contributed by atoms with E-state index in [4.69, 9.17) is 13.9 Å². The summed E-state index contributed by atoms with van der Waals surface area (Å²) in [5.74, 6) is -1.68. The van der Waals surface area contributed by atoms with Gasteiger partial charge in [0, 0.05) is 17.9 Å². The van der Waals surface area contributed by atoms with Gasteiger partial charge in [-0.3, -0.25) is 9.59 Å². The van der Waals surface area contributed by atoms with E-state index in [2.05, 4.69) is 39.9 Å². The number of carbonyl (C=O) groups excluding carboxylic acids is 2. The summed E-state index contributed by atoms with van der Waals surface area (Å²) in [6, 6.07) is 14.7. The molecule has 2 aromatic carbocycles. The Bertz CT molecular complexity index is 1240. The van der Waals surface area contributed by atoms with Gasteiger partial charge < -0.3 is 19.0 Å². The van der Waals surface area contributed by atoms with Crippen molar-refractivity contribution in [2.75, 3.05) is 6.61 Å². The number of Topliss-reactive ketones (excluding diaryl/α,β-unsaturated/α-hetero) is 2. The van der Waals surface area contributed by atoms with Crippen LogP contribution in [0.2, 0.25) is 18.1 Å². The van der Waals surface area contributed by atoms with E-state index in [1.165, 1.54) is 6.07 Å². The van der Waals surface area contributed by atoms with Crippen LogP contribution in [0.4, 0.5) is 0 Å². The molecule has 1 N–H and O–H groups in total. The van der Waals surface area contributed by atoms with Gasteiger partial charge in [-0.15, -0.1) is 0 Å². The van der Waals surface area contributed by atoms with Gasteiger partial charge in [0.25, 0.3) is 0 Å². The Morgan fingerprint density at radius 3 is 2.47 bits per heavy atom. The van der Waals surface area contributed by atoms with Gasteiger partial charge in [0.1, 0.15) is 5.75 Å². The number of carbonyl (C=O) groups is 2. The van der Waals surface area contributed by atoms with E-state index in [0.29, 0.717) is 31.6 Å². The summed E-state index contributed by atoms with van der Waals surface area (Å²) in [7, 11) is -2.15. The van der Waals surface area contributed by atoms with E-state index in [0.717, 1.165) is 11.1 Å². The fourth-order valence-electron chi connectivity index (χ4n) is 5.66. The molecule has 1 heterocycles. The number of phenolic OH excluding ortho intramolecular Hbond substituents is 1. The molecule has 202 valence electrons. The molecule has 3 aliphatic rings. The first kappa shape index (κ1) is 27.0. The van der Waals surface area contributed by atoms with Gasteiger partial charge in [0.2, 0.25) is 0 Å². The van der Waals surface area contributed by atoms with E-state index in [1.807, 2.05) is 30.3 Å². The molecule has 5 atom stereocenters. The van der Waals surface area contributed by atoms with Gasteiger partial charge in [-0.25, -0.2) is 0 Å². The van der Waals surface area contributed by atoms with Crippen LogP contribution in [0.1, 0.15) is 59.9 Å². The van der Waals surface area contributed by atoms with Gasteiger partial charge in [-0.1, -0.05) is 69.3 Å². The quantitative estimate of drug-likeness (QED) is 0.356. The smallest absolute Gasteiger partial charge is 0.192 e.